The zero-order valence-corrected chi connectivity index (χ0v) is 24.0. The molecule has 7 rings (SSSR count). The van der Waals surface area contributed by atoms with Crippen LogP contribution in [0, 0.1) is 23.7 Å². The predicted molar refractivity (Wildman–Crippen MR) is 155 cm³/mol. The van der Waals surface area contributed by atoms with E-state index in [0.717, 1.165) is 67.4 Å². The van der Waals surface area contributed by atoms with Gasteiger partial charge in [0, 0.05) is 11.6 Å². The van der Waals surface area contributed by atoms with Crippen LogP contribution in [0.2, 0.25) is 0 Å². The van der Waals surface area contributed by atoms with Gasteiger partial charge in [-0.3, -0.25) is 4.79 Å². The molecule has 0 radical (unpaired) electrons. The predicted octanol–water partition coefficient (Wildman–Crippen LogP) is 6.32. The van der Waals surface area contributed by atoms with Crippen molar-refractivity contribution < 1.29 is 23.9 Å². The first-order valence-corrected chi connectivity index (χ1v) is 15.5. The minimum Gasteiger partial charge on any atom is -0.462 e. The normalized spacial score (nSPS) is 30.7. The Morgan fingerprint density at radius 3 is 2.12 bits per heavy atom. The smallest absolute Gasteiger partial charge is 0.338 e. The van der Waals surface area contributed by atoms with Crippen LogP contribution in [0.1, 0.15) is 98.7 Å². The van der Waals surface area contributed by atoms with Crippen LogP contribution in [0.5, 0.6) is 0 Å². The van der Waals surface area contributed by atoms with Gasteiger partial charge in [-0.05, 0) is 106 Å². The Kier molecular flexibility index (Phi) is 8.05. The summed E-state index contributed by atoms with van der Waals surface area (Å²) in [5.41, 5.74) is 2.09. The molecule has 41 heavy (non-hydrogen) atoms. The molecule has 0 spiro atoms. The highest BCUT2D eigenvalue weighted by Gasteiger charge is 2.51. The van der Waals surface area contributed by atoms with Crippen LogP contribution in [0.4, 0.5) is 4.79 Å². The van der Waals surface area contributed by atoms with E-state index in [9.17, 15) is 14.4 Å². The van der Waals surface area contributed by atoms with Crippen LogP contribution in [0.25, 0.3) is 0 Å². The molecule has 0 heterocycles. The summed E-state index contributed by atoms with van der Waals surface area (Å²) in [6.07, 6.45) is 9.86. The lowest BCUT2D eigenvalue weighted by molar-refractivity contribution is -0.154. The highest BCUT2D eigenvalue weighted by atomic mass is 16.5. The van der Waals surface area contributed by atoms with Crippen molar-refractivity contribution in [2.45, 2.75) is 88.8 Å². The number of benzene rings is 2. The molecule has 7 nitrogen and oxygen atoms in total. The molecule has 0 aliphatic heterocycles. The number of ether oxygens (including phenoxy) is 2. The number of carbonyl (C=O) groups excluding carboxylic acids is 3. The number of carbonyl (C=O) groups is 3. The van der Waals surface area contributed by atoms with Crippen LogP contribution in [0.3, 0.4) is 0 Å². The van der Waals surface area contributed by atoms with Crippen LogP contribution < -0.4 is 10.6 Å². The molecule has 2 aromatic carbocycles. The summed E-state index contributed by atoms with van der Waals surface area (Å²) in [5.74, 6) is 1.41. The Balaban J connectivity index is 1.09. The van der Waals surface area contributed by atoms with E-state index < -0.39 is 6.10 Å². The lowest BCUT2D eigenvalue weighted by atomic mass is 9.53. The number of hydrogen-bond donors (Lipinski definition) is 2. The van der Waals surface area contributed by atoms with Crippen molar-refractivity contribution >= 4 is 18.0 Å². The Hall–Kier alpha value is -3.35. The maximum absolute atomic E-state index is 13.5. The third-order valence-electron chi connectivity index (χ3n) is 9.82. The molecule has 218 valence electrons. The van der Waals surface area contributed by atoms with Crippen molar-refractivity contribution in [1.82, 2.24) is 10.6 Å². The van der Waals surface area contributed by atoms with Gasteiger partial charge in [-0.2, -0.15) is 0 Å². The molecule has 2 N–H and O–H groups in total. The van der Waals surface area contributed by atoms with E-state index in [1.165, 1.54) is 19.3 Å². The highest BCUT2D eigenvalue weighted by molar-refractivity contribution is 5.89. The van der Waals surface area contributed by atoms with Crippen molar-refractivity contribution in [3.05, 3.63) is 71.3 Å². The van der Waals surface area contributed by atoms with Crippen molar-refractivity contribution in [2.24, 2.45) is 23.7 Å². The second kappa shape index (κ2) is 11.9. The first-order valence-electron chi connectivity index (χ1n) is 15.5. The Bertz CT molecular complexity index is 1210. The molecule has 5 fully saturated rings. The fourth-order valence-electron chi connectivity index (χ4n) is 8.44. The summed E-state index contributed by atoms with van der Waals surface area (Å²) in [5, 5.41) is 6.63. The average Bonchev–Trinajstić information content (AvgIpc) is 2.95. The molecule has 3 unspecified atom stereocenters. The largest absolute Gasteiger partial charge is 0.462 e. The third kappa shape index (κ3) is 6.29. The standard InChI is InChI=1S/C34H42N2O5/c1-2-40-31(37)27-13-11-26(12-14-27)30(25-7-4-3-5-8-25)41-32(38)28-9-6-10-29(18-28)35-33(39)36-34-19-22-15-23(20-34)17-24(16-22)21-34/h3-5,7-8,11-14,22-24,28-30H,2,6,9-10,15-21H2,1H3,(H2,35,36,39). The van der Waals surface area contributed by atoms with Gasteiger partial charge in [-0.15, -0.1) is 0 Å². The van der Waals surface area contributed by atoms with E-state index in [4.69, 9.17) is 9.47 Å². The van der Waals surface area contributed by atoms with Crippen molar-refractivity contribution in [3.63, 3.8) is 0 Å². The van der Waals surface area contributed by atoms with Crippen LogP contribution in [0.15, 0.2) is 54.6 Å². The molecular weight excluding hydrogens is 516 g/mol. The number of esters is 2. The van der Waals surface area contributed by atoms with Gasteiger partial charge in [-0.25, -0.2) is 9.59 Å². The van der Waals surface area contributed by atoms with Crippen molar-refractivity contribution in [2.75, 3.05) is 6.61 Å². The summed E-state index contributed by atoms with van der Waals surface area (Å²) in [4.78, 5) is 38.8. The zero-order valence-electron chi connectivity index (χ0n) is 24.0. The van der Waals surface area contributed by atoms with Crippen LogP contribution in [-0.2, 0) is 14.3 Å². The molecule has 2 aromatic rings. The number of rotatable bonds is 8. The van der Waals surface area contributed by atoms with Gasteiger partial charge >= 0.3 is 18.0 Å². The number of nitrogens with one attached hydrogen (secondary N) is 2. The third-order valence-corrected chi connectivity index (χ3v) is 9.82. The maximum Gasteiger partial charge on any atom is 0.338 e. The summed E-state index contributed by atoms with van der Waals surface area (Å²) >= 11 is 0. The Morgan fingerprint density at radius 2 is 1.49 bits per heavy atom. The molecule has 2 amide bonds. The van der Waals surface area contributed by atoms with E-state index >= 15 is 0 Å². The maximum atomic E-state index is 13.5. The average molecular weight is 559 g/mol. The molecule has 0 aromatic heterocycles. The summed E-state index contributed by atoms with van der Waals surface area (Å²) < 4.78 is 11.3. The second-order valence-electron chi connectivity index (χ2n) is 12.9. The lowest BCUT2D eigenvalue weighted by Gasteiger charge is -2.56. The van der Waals surface area contributed by atoms with Gasteiger partial charge in [0.2, 0.25) is 0 Å². The Morgan fingerprint density at radius 1 is 0.854 bits per heavy atom. The molecule has 4 bridgehead atoms. The summed E-state index contributed by atoms with van der Waals surface area (Å²) in [6, 6.07) is 16.6. The molecule has 5 aliphatic carbocycles. The highest BCUT2D eigenvalue weighted by Crippen LogP contribution is 2.55. The lowest BCUT2D eigenvalue weighted by Crippen LogP contribution is -2.62. The van der Waals surface area contributed by atoms with E-state index in [-0.39, 0.29) is 35.5 Å². The summed E-state index contributed by atoms with van der Waals surface area (Å²) in [6.45, 7) is 2.09. The molecule has 5 saturated carbocycles. The number of amides is 2. The molecule has 3 atom stereocenters. The first kappa shape index (κ1) is 27.8. The molecular formula is C34H42N2O5. The van der Waals surface area contributed by atoms with Gasteiger partial charge in [-0.1, -0.05) is 48.9 Å². The minimum absolute atomic E-state index is 0.0302. The first-order chi connectivity index (χ1) is 19.9. The Labute approximate surface area is 242 Å². The van der Waals surface area contributed by atoms with E-state index in [0.29, 0.717) is 18.6 Å². The second-order valence-corrected chi connectivity index (χ2v) is 12.9. The van der Waals surface area contributed by atoms with E-state index in [1.54, 1.807) is 19.1 Å². The monoisotopic (exact) mass is 558 g/mol. The van der Waals surface area contributed by atoms with Gasteiger partial charge in [0.1, 0.15) is 0 Å². The van der Waals surface area contributed by atoms with Crippen LogP contribution >= 0.6 is 0 Å². The molecule has 5 aliphatic rings. The van der Waals surface area contributed by atoms with Crippen molar-refractivity contribution in [3.8, 4) is 0 Å². The van der Waals surface area contributed by atoms with Gasteiger partial charge in [0.05, 0.1) is 18.1 Å². The van der Waals surface area contributed by atoms with Gasteiger partial charge in [0.15, 0.2) is 6.10 Å². The zero-order chi connectivity index (χ0) is 28.4. The van der Waals surface area contributed by atoms with Gasteiger partial charge < -0.3 is 20.1 Å². The van der Waals surface area contributed by atoms with Crippen molar-refractivity contribution in [1.29, 1.82) is 0 Å². The van der Waals surface area contributed by atoms with Gasteiger partial charge in [0.25, 0.3) is 0 Å². The molecule has 7 heteroatoms. The SMILES string of the molecule is CCOC(=O)c1ccc(C(OC(=O)C2CCCC(NC(=O)NC34CC5CC(CC(C5)C3)C4)C2)c2ccccc2)cc1. The quantitative estimate of drug-likeness (QED) is 0.370. The minimum atomic E-state index is -0.590. The fraction of sp³-hybridized carbons (Fsp3) is 0.559. The summed E-state index contributed by atoms with van der Waals surface area (Å²) in [7, 11) is 0. The van der Waals surface area contributed by atoms with E-state index in [2.05, 4.69) is 10.6 Å². The topological polar surface area (TPSA) is 93.7 Å². The van der Waals surface area contributed by atoms with Crippen LogP contribution in [-0.4, -0.2) is 36.2 Å². The molecule has 0 saturated heterocycles. The number of hydrogen-bond acceptors (Lipinski definition) is 5. The number of urea groups is 1. The van der Waals surface area contributed by atoms with E-state index in [1.807, 2.05) is 42.5 Å². The fourth-order valence-corrected chi connectivity index (χ4v) is 8.44.